The molecule has 0 radical (unpaired) electrons. The van der Waals surface area contributed by atoms with Crippen LogP contribution in [0.4, 0.5) is 0 Å². The average molecular weight is 487 g/mol. The number of rotatable bonds is 9. The second-order valence-corrected chi connectivity index (χ2v) is 10.9. The summed E-state index contributed by atoms with van der Waals surface area (Å²) in [6.45, 7) is 5.27. The largest absolute Gasteiger partial charge is 0.355 e. The highest BCUT2D eigenvalue weighted by Crippen LogP contribution is 2.26. The number of hydrogen-bond donors (Lipinski definition) is 2. The maximum Gasteiger partial charge on any atom is 0.255 e. The number of piperazine rings is 1. The number of nitrogens with zero attached hydrogens (tertiary/aromatic N) is 2. The number of carbonyl (C=O) groups excluding carboxylic acids is 3. The maximum absolute atomic E-state index is 13.3. The van der Waals surface area contributed by atoms with Crippen LogP contribution in [0.25, 0.3) is 0 Å². The highest BCUT2D eigenvalue weighted by atomic mass is 32.2. The molecular formula is C26H38N4O3S. The maximum atomic E-state index is 13.3. The molecule has 0 spiro atoms. The highest BCUT2D eigenvalue weighted by molar-refractivity contribution is 8.00. The normalized spacial score (nSPS) is 20.6. The predicted octanol–water partition coefficient (Wildman–Crippen LogP) is 2.90. The van der Waals surface area contributed by atoms with Crippen LogP contribution in [0.3, 0.4) is 0 Å². The van der Waals surface area contributed by atoms with Gasteiger partial charge >= 0.3 is 0 Å². The summed E-state index contributed by atoms with van der Waals surface area (Å²) in [4.78, 5) is 42.9. The number of benzene rings is 1. The highest BCUT2D eigenvalue weighted by Gasteiger charge is 2.31. The standard InChI is InChI=1S/C26H38N4O3S/c1-19(25(32)28-21-11-12-21)29-13-15-30(16-14-29)26(33)22-9-5-6-10-23(22)34-18-24(31)27-17-20-7-3-2-4-8-20/h5-6,9-10,19-21H,2-4,7-8,11-18H2,1H3,(H,27,31)(H,28,32). The van der Waals surface area contributed by atoms with Crippen molar-refractivity contribution in [1.29, 1.82) is 0 Å². The Balaban J connectivity index is 1.25. The number of hydrogen-bond acceptors (Lipinski definition) is 5. The quantitative estimate of drug-likeness (QED) is 0.525. The summed E-state index contributed by atoms with van der Waals surface area (Å²) in [5.41, 5.74) is 0.653. The third-order valence-corrected chi connectivity index (χ3v) is 8.31. The molecule has 1 unspecified atom stereocenters. The van der Waals surface area contributed by atoms with Gasteiger partial charge in [0.05, 0.1) is 17.4 Å². The van der Waals surface area contributed by atoms with Crippen LogP contribution in [0.2, 0.25) is 0 Å². The van der Waals surface area contributed by atoms with Crippen molar-refractivity contribution < 1.29 is 14.4 Å². The molecule has 4 rings (SSSR count). The number of thioether (sulfide) groups is 1. The van der Waals surface area contributed by atoms with E-state index in [-0.39, 0.29) is 23.8 Å². The molecule has 186 valence electrons. The topological polar surface area (TPSA) is 81.8 Å². The van der Waals surface area contributed by atoms with Gasteiger partial charge in [-0.05, 0) is 50.7 Å². The number of carbonyl (C=O) groups is 3. The Morgan fingerprint density at radius 3 is 2.41 bits per heavy atom. The summed E-state index contributed by atoms with van der Waals surface area (Å²) in [5.74, 6) is 1.05. The monoisotopic (exact) mass is 486 g/mol. The van der Waals surface area contributed by atoms with E-state index in [0.29, 0.717) is 49.5 Å². The minimum Gasteiger partial charge on any atom is -0.355 e. The first-order chi connectivity index (χ1) is 16.5. The summed E-state index contributed by atoms with van der Waals surface area (Å²) in [5, 5.41) is 6.15. The van der Waals surface area contributed by atoms with Crippen LogP contribution in [0.1, 0.15) is 62.2 Å². The molecule has 3 fully saturated rings. The van der Waals surface area contributed by atoms with Crippen LogP contribution < -0.4 is 10.6 Å². The molecule has 3 aliphatic rings. The first kappa shape index (κ1) is 25.0. The van der Waals surface area contributed by atoms with Crippen LogP contribution in [-0.4, -0.2) is 78.1 Å². The van der Waals surface area contributed by atoms with E-state index in [1.54, 1.807) is 0 Å². The summed E-state index contributed by atoms with van der Waals surface area (Å²) in [6, 6.07) is 7.75. The molecule has 1 aromatic carbocycles. The van der Waals surface area contributed by atoms with E-state index in [4.69, 9.17) is 0 Å². The van der Waals surface area contributed by atoms with Crippen molar-refractivity contribution in [2.45, 2.75) is 68.8 Å². The molecule has 1 heterocycles. The molecule has 2 aliphatic carbocycles. The molecular weight excluding hydrogens is 448 g/mol. The van der Waals surface area contributed by atoms with Crippen molar-refractivity contribution in [3.63, 3.8) is 0 Å². The minimum absolute atomic E-state index is 0.000416. The number of nitrogens with one attached hydrogen (secondary N) is 2. The van der Waals surface area contributed by atoms with Crippen LogP contribution in [0, 0.1) is 5.92 Å². The van der Waals surface area contributed by atoms with Crippen LogP contribution in [0.5, 0.6) is 0 Å². The fourth-order valence-electron chi connectivity index (χ4n) is 4.81. The molecule has 0 bridgehead atoms. The van der Waals surface area contributed by atoms with Gasteiger partial charge in [-0.25, -0.2) is 0 Å². The third kappa shape index (κ3) is 6.98. The first-order valence-electron chi connectivity index (χ1n) is 12.8. The minimum atomic E-state index is -0.173. The van der Waals surface area contributed by atoms with Gasteiger partial charge in [-0.1, -0.05) is 31.4 Å². The van der Waals surface area contributed by atoms with E-state index in [9.17, 15) is 14.4 Å². The molecule has 1 saturated heterocycles. The fraction of sp³-hybridized carbons (Fsp3) is 0.654. The zero-order valence-electron chi connectivity index (χ0n) is 20.3. The van der Waals surface area contributed by atoms with Gasteiger partial charge in [-0.2, -0.15) is 0 Å². The lowest BCUT2D eigenvalue weighted by atomic mass is 9.89. The Morgan fingerprint density at radius 1 is 1.00 bits per heavy atom. The first-order valence-corrected chi connectivity index (χ1v) is 13.8. The van der Waals surface area contributed by atoms with E-state index >= 15 is 0 Å². The van der Waals surface area contributed by atoms with Crippen LogP contribution in [0.15, 0.2) is 29.2 Å². The molecule has 3 amide bonds. The Bertz CT molecular complexity index is 861. The molecule has 1 aliphatic heterocycles. The fourth-order valence-corrected chi connectivity index (χ4v) is 5.69. The molecule has 2 N–H and O–H groups in total. The van der Waals surface area contributed by atoms with Gasteiger partial charge in [-0.15, -0.1) is 11.8 Å². The molecule has 34 heavy (non-hydrogen) atoms. The third-order valence-electron chi connectivity index (χ3n) is 7.24. The summed E-state index contributed by atoms with van der Waals surface area (Å²) >= 11 is 1.43. The van der Waals surface area contributed by atoms with E-state index in [1.165, 1.54) is 43.9 Å². The van der Waals surface area contributed by atoms with Crippen molar-refractivity contribution in [3.8, 4) is 0 Å². The smallest absolute Gasteiger partial charge is 0.255 e. The van der Waals surface area contributed by atoms with Crippen molar-refractivity contribution in [2.24, 2.45) is 5.92 Å². The Labute approximate surface area is 207 Å². The van der Waals surface area contributed by atoms with Crippen molar-refractivity contribution >= 4 is 29.5 Å². The van der Waals surface area contributed by atoms with E-state index < -0.39 is 0 Å². The lowest BCUT2D eigenvalue weighted by Crippen LogP contribution is -2.55. The van der Waals surface area contributed by atoms with Gasteiger partial charge in [0.1, 0.15) is 0 Å². The second-order valence-electron chi connectivity index (χ2n) is 9.88. The Morgan fingerprint density at radius 2 is 1.71 bits per heavy atom. The number of amides is 3. The SMILES string of the molecule is CC(C(=O)NC1CC1)N1CCN(C(=O)c2ccccc2SCC(=O)NCC2CCCCC2)CC1. The Kier molecular flexibility index (Phi) is 8.89. The summed E-state index contributed by atoms with van der Waals surface area (Å²) < 4.78 is 0. The summed E-state index contributed by atoms with van der Waals surface area (Å²) in [6.07, 6.45) is 8.44. The molecule has 2 saturated carbocycles. The zero-order chi connectivity index (χ0) is 23.9. The van der Waals surface area contributed by atoms with E-state index in [2.05, 4.69) is 15.5 Å². The zero-order valence-corrected chi connectivity index (χ0v) is 21.1. The van der Waals surface area contributed by atoms with E-state index in [0.717, 1.165) is 24.3 Å². The van der Waals surface area contributed by atoms with Gasteiger partial charge in [0.25, 0.3) is 5.91 Å². The van der Waals surface area contributed by atoms with Crippen LogP contribution in [-0.2, 0) is 9.59 Å². The molecule has 1 aromatic rings. The molecule has 0 aromatic heterocycles. The average Bonchev–Trinajstić information content (AvgIpc) is 3.70. The lowest BCUT2D eigenvalue weighted by Gasteiger charge is -2.37. The molecule has 1 atom stereocenters. The van der Waals surface area contributed by atoms with Crippen LogP contribution >= 0.6 is 11.8 Å². The second kappa shape index (κ2) is 12.1. The van der Waals surface area contributed by atoms with Crippen molar-refractivity contribution in [1.82, 2.24) is 20.4 Å². The van der Waals surface area contributed by atoms with E-state index in [1.807, 2.05) is 36.1 Å². The van der Waals surface area contributed by atoms with Gasteiger partial charge in [0.15, 0.2) is 0 Å². The van der Waals surface area contributed by atoms with Crippen molar-refractivity contribution in [2.75, 3.05) is 38.5 Å². The van der Waals surface area contributed by atoms with Gasteiger partial charge in [-0.3, -0.25) is 19.3 Å². The van der Waals surface area contributed by atoms with Gasteiger partial charge < -0.3 is 15.5 Å². The molecule has 7 nitrogen and oxygen atoms in total. The lowest BCUT2D eigenvalue weighted by molar-refractivity contribution is -0.126. The predicted molar refractivity (Wildman–Crippen MR) is 135 cm³/mol. The molecule has 8 heteroatoms. The van der Waals surface area contributed by atoms with Gasteiger partial charge in [0, 0.05) is 43.7 Å². The van der Waals surface area contributed by atoms with Gasteiger partial charge in [0.2, 0.25) is 11.8 Å². The summed E-state index contributed by atoms with van der Waals surface area (Å²) in [7, 11) is 0. The van der Waals surface area contributed by atoms with Crippen molar-refractivity contribution in [3.05, 3.63) is 29.8 Å². The Hall–Kier alpha value is -2.06.